The number of hydrogen-bond donors (Lipinski definition) is 0. The third-order valence-electron chi connectivity index (χ3n) is 3.51. The predicted octanol–water partition coefficient (Wildman–Crippen LogP) is 3.21. The van der Waals surface area contributed by atoms with Crippen molar-refractivity contribution in [2.75, 3.05) is 6.26 Å². The second kappa shape index (κ2) is 7.65. The first-order chi connectivity index (χ1) is 11.7. The number of carbonyl (C=O) groups excluding carboxylic acids is 1. The molecule has 2 aromatic carbocycles. The summed E-state index contributed by atoms with van der Waals surface area (Å²) in [5.41, 5.74) is 0.799. The second-order valence-corrected chi connectivity index (χ2v) is 7.51. The van der Waals surface area contributed by atoms with Crippen molar-refractivity contribution in [3.05, 3.63) is 65.5 Å². The molecular formula is C18H20FNO4S. The summed E-state index contributed by atoms with van der Waals surface area (Å²) in [6, 6.07) is 12.1. The van der Waals surface area contributed by atoms with Crippen LogP contribution >= 0.6 is 0 Å². The van der Waals surface area contributed by atoms with E-state index in [0.717, 1.165) is 11.8 Å². The first-order valence-corrected chi connectivity index (χ1v) is 9.53. The van der Waals surface area contributed by atoms with Gasteiger partial charge in [-0.3, -0.25) is 4.79 Å². The van der Waals surface area contributed by atoms with E-state index < -0.39 is 21.8 Å². The Balaban J connectivity index is 2.19. The molecule has 25 heavy (non-hydrogen) atoms. The van der Waals surface area contributed by atoms with E-state index in [1.165, 1.54) is 30.3 Å². The number of hydrogen-bond acceptors (Lipinski definition) is 4. The van der Waals surface area contributed by atoms with Gasteiger partial charge in [-0.1, -0.05) is 24.3 Å². The molecule has 0 spiro atoms. The predicted molar refractivity (Wildman–Crippen MR) is 93.3 cm³/mol. The Morgan fingerprint density at radius 1 is 1.12 bits per heavy atom. The van der Waals surface area contributed by atoms with E-state index in [9.17, 15) is 17.6 Å². The van der Waals surface area contributed by atoms with Crippen LogP contribution in [0.5, 0.6) is 5.75 Å². The van der Waals surface area contributed by atoms with Crippen LogP contribution in [0.15, 0.2) is 48.5 Å². The van der Waals surface area contributed by atoms with Crippen molar-refractivity contribution < 1.29 is 21.8 Å². The molecule has 134 valence electrons. The first kappa shape index (κ1) is 18.9. The molecule has 7 heteroatoms. The highest BCUT2D eigenvalue weighted by molar-refractivity contribution is 7.86. The fraction of sp³-hybridized carbons (Fsp3) is 0.278. The fourth-order valence-corrected chi connectivity index (χ4v) is 2.76. The van der Waals surface area contributed by atoms with Gasteiger partial charge in [0.25, 0.3) is 5.91 Å². The molecule has 0 heterocycles. The molecule has 0 saturated carbocycles. The van der Waals surface area contributed by atoms with Crippen molar-refractivity contribution in [1.29, 1.82) is 0 Å². The van der Waals surface area contributed by atoms with Gasteiger partial charge in [0.15, 0.2) is 0 Å². The summed E-state index contributed by atoms with van der Waals surface area (Å²) in [4.78, 5) is 14.2. The van der Waals surface area contributed by atoms with Crippen LogP contribution in [0.1, 0.15) is 29.8 Å². The van der Waals surface area contributed by atoms with E-state index in [-0.39, 0.29) is 23.9 Å². The highest BCUT2D eigenvalue weighted by Gasteiger charge is 2.21. The zero-order valence-corrected chi connectivity index (χ0v) is 15.1. The number of rotatable bonds is 6. The van der Waals surface area contributed by atoms with Crippen LogP contribution in [0.3, 0.4) is 0 Å². The van der Waals surface area contributed by atoms with Gasteiger partial charge in [0, 0.05) is 12.6 Å². The van der Waals surface area contributed by atoms with Crippen LogP contribution in [0, 0.1) is 5.82 Å². The van der Waals surface area contributed by atoms with Crippen molar-refractivity contribution in [2.45, 2.75) is 26.4 Å². The number of benzene rings is 2. The van der Waals surface area contributed by atoms with Crippen molar-refractivity contribution in [2.24, 2.45) is 0 Å². The number of carbonyl (C=O) groups is 1. The summed E-state index contributed by atoms with van der Waals surface area (Å²) in [6.45, 7) is 3.96. The van der Waals surface area contributed by atoms with E-state index in [0.29, 0.717) is 0 Å². The highest BCUT2D eigenvalue weighted by Crippen LogP contribution is 2.18. The molecule has 0 N–H and O–H groups in total. The van der Waals surface area contributed by atoms with Crippen LogP contribution in [0.25, 0.3) is 0 Å². The molecule has 0 bridgehead atoms. The molecule has 5 nitrogen and oxygen atoms in total. The Bertz CT molecular complexity index is 848. The lowest BCUT2D eigenvalue weighted by molar-refractivity contribution is 0.0685. The van der Waals surface area contributed by atoms with E-state index in [2.05, 4.69) is 0 Å². The van der Waals surface area contributed by atoms with Gasteiger partial charge >= 0.3 is 10.1 Å². The van der Waals surface area contributed by atoms with Gasteiger partial charge in [0.2, 0.25) is 0 Å². The summed E-state index contributed by atoms with van der Waals surface area (Å²) in [7, 11) is -3.59. The Morgan fingerprint density at radius 3 is 2.24 bits per heavy atom. The SMILES string of the molecule is CC(C)N(Cc1ccc(OS(C)(=O)=O)cc1)C(=O)c1ccccc1F. The molecule has 0 radical (unpaired) electrons. The quantitative estimate of drug-likeness (QED) is 0.738. The summed E-state index contributed by atoms with van der Waals surface area (Å²) in [5, 5.41) is 0. The maximum atomic E-state index is 13.9. The van der Waals surface area contributed by atoms with Gasteiger partial charge in [0.1, 0.15) is 11.6 Å². The van der Waals surface area contributed by atoms with Gasteiger partial charge in [0.05, 0.1) is 11.8 Å². The van der Waals surface area contributed by atoms with Crippen molar-refractivity contribution in [3.63, 3.8) is 0 Å². The van der Waals surface area contributed by atoms with Crippen LogP contribution in [0.2, 0.25) is 0 Å². The topological polar surface area (TPSA) is 63.7 Å². The van der Waals surface area contributed by atoms with Gasteiger partial charge in [-0.15, -0.1) is 0 Å². The molecule has 0 atom stereocenters. The molecule has 0 aromatic heterocycles. The Kier molecular flexibility index (Phi) is 5.79. The third kappa shape index (κ3) is 5.29. The molecule has 2 rings (SSSR count). The minimum atomic E-state index is -3.59. The Hall–Kier alpha value is -2.41. The lowest BCUT2D eigenvalue weighted by atomic mass is 10.1. The molecule has 0 aliphatic heterocycles. The lowest BCUT2D eigenvalue weighted by Crippen LogP contribution is -2.36. The third-order valence-corrected chi connectivity index (χ3v) is 4.01. The molecule has 2 aromatic rings. The van der Waals surface area contributed by atoms with Crippen LogP contribution < -0.4 is 4.18 Å². The second-order valence-electron chi connectivity index (χ2n) is 5.94. The molecular weight excluding hydrogens is 345 g/mol. The maximum Gasteiger partial charge on any atom is 0.306 e. The van der Waals surface area contributed by atoms with E-state index in [1.54, 1.807) is 23.1 Å². The summed E-state index contributed by atoms with van der Waals surface area (Å²) in [6.07, 6.45) is 0.967. The minimum Gasteiger partial charge on any atom is -0.383 e. The van der Waals surface area contributed by atoms with Crippen molar-refractivity contribution >= 4 is 16.0 Å². The molecule has 0 aliphatic rings. The van der Waals surface area contributed by atoms with Gasteiger partial charge in [-0.25, -0.2) is 4.39 Å². The summed E-state index contributed by atoms with van der Waals surface area (Å²) in [5.74, 6) is -0.762. The highest BCUT2D eigenvalue weighted by atomic mass is 32.2. The molecule has 1 amide bonds. The first-order valence-electron chi connectivity index (χ1n) is 7.71. The lowest BCUT2D eigenvalue weighted by Gasteiger charge is -2.27. The summed E-state index contributed by atoms with van der Waals surface area (Å²) >= 11 is 0. The largest absolute Gasteiger partial charge is 0.383 e. The van der Waals surface area contributed by atoms with Gasteiger partial charge < -0.3 is 9.08 Å². The smallest absolute Gasteiger partial charge is 0.306 e. The average Bonchev–Trinajstić information content (AvgIpc) is 2.52. The van der Waals surface area contributed by atoms with E-state index >= 15 is 0 Å². The van der Waals surface area contributed by atoms with Gasteiger partial charge in [-0.2, -0.15) is 8.42 Å². The monoisotopic (exact) mass is 365 g/mol. The van der Waals surface area contributed by atoms with Crippen molar-refractivity contribution in [1.82, 2.24) is 4.90 Å². The minimum absolute atomic E-state index is 0.0215. The van der Waals surface area contributed by atoms with E-state index in [4.69, 9.17) is 4.18 Å². The molecule has 0 fully saturated rings. The standard InChI is InChI=1S/C18H20FNO4S/c1-13(2)20(18(21)16-6-4-5-7-17(16)19)12-14-8-10-15(11-9-14)24-25(3,22)23/h4-11,13H,12H2,1-3H3. The van der Waals surface area contributed by atoms with Crippen LogP contribution in [-0.2, 0) is 16.7 Å². The fourth-order valence-electron chi connectivity index (χ4n) is 2.30. The van der Waals surface area contributed by atoms with E-state index in [1.807, 2.05) is 13.8 Å². The number of halogens is 1. The zero-order chi connectivity index (χ0) is 18.6. The summed E-state index contributed by atoms with van der Waals surface area (Å²) < 4.78 is 40.9. The normalized spacial score (nSPS) is 11.4. The van der Waals surface area contributed by atoms with Crippen LogP contribution in [0.4, 0.5) is 4.39 Å². The average molecular weight is 365 g/mol. The Labute approximate surface area is 147 Å². The molecule has 0 unspecified atom stereocenters. The zero-order valence-electron chi connectivity index (χ0n) is 14.3. The number of amides is 1. The van der Waals surface area contributed by atoms with Gasteiger partial charge in [-0.05, 0) is 43.7 Å². The van der Waals surface area contributed by atoms with Crippen molar-refractivity contribution in [3.8, 4) is 5.75 Å². The Morgan fingerprint density at radius 2 is 1.72 bits per heavy atom. The maximum absolute atomic E-state index is 13.9. The molecule has 0 aliphatic carbocycles. The van der Waals surface area contributed by atoms with Crippen LogP contribution in [-0.4, -0.2) is 31.5 Å². The number of nitrogens with zero attached hydrogens (tertiary/aromatic N) is 1. The molecule has 0 saturated heterocycles.